The van der Waals surface area contributed by atoms with Crippen LogP contribution in [0.15, 0.2) is 40.6 Å². The molecule has 0 radical (unpaired) electrons. The lowest BCUT2D eigenvalue weighted by Crippen LogP contribution is -2.16. The molecule has 2 aromatic rings. The molecule has 1 atom stereocenters. The minimum Gasteiger partial charge on any atom is -0.228 e. The van der Waals surface area contributed by atoms with Crippen LogP contribution in [0.4, 0.5) is 4.39 Å². The van der Waals surface area contributed by atoms with Crippen LogP contribution in [0.25, 0.3) is 11.4 Å². The largest absolute Gasteiger partial charge is 0.228 e. The summed E-state index contributed by atoms with van der Waals surface area (Å²) in [5, 5.41) is 12.7. The van der Waals surface area contributed by atoms with Crippen LogP contribution < -0.4 is 0 Å². The normalized spacial score (nSPS) is 18.7. The lowest BCUT2D eigenvalue weighted by molar-refractivity contribution is 0.527. The van der Waals surface area contributed by atoms with Crippen molar-refractivity contribution >= 4 is 17.5 Å². The Kier molecular flexibility index (Phi) is 2.44. The second kappa shape index (κ2) is 3.96. The Labute approximate surface area is 102 Å². The number of thioether (sulfide) groups is 1. The van der Waals surface area contributed by atoms with E-state index in [9.17, 15) is 4.39 Å². The van der Waals surface area contributed by atoms with Crippen molar-refractivity contribution in [1.29, 1.82) is 0 Å². The Morgan fingerprint density at radius 1 is 1.24 bits per heavy atom. The molecule has 0 saturated heterocycles. The lowest BCUT2D eigenvalue weighted by atomic mass is 10.2. The summed E-state index contributed by atoms with van der Waals surface area (Å²) in [5.41, 5.74) is 0.218. The van der Waals surface area contributed by atoms with Gasteiger partial charge in [0.25, 0.3) is 0 Å². The van der Waals surface area contributed by atoms with Crippen LogP contribution in [-0.4, -0.2) is 26.1 Å². The van der Waals surface area contributed by atoms with E-state index in [1.54, 1.807) is 11.6 Å². The van der Waals surface area contributed by atoms with Crippen molar-refractivity contribution in [2.24, 2.45) is 5.10 Å². The zero-order valence-corrected chi connectivity index (χ0v) is 9.86. The Morgan fingerprint density at radius 3 is 2.76 bits per heavy atom. The minimum atomic E-state index is -1.13. The molecule has 86 valence electrons. The summed E-state index contributed by atoms with van der Waals surface area (Å²) in [4.78, 5) is 0. The van der Waals surface area contributed by atoms with Crippen LogP contribution in [0.3, 0.4) is 0 Å². The third kappa shape index (κ3) is 1.74. The molecule has 0 aliphatic carbocycles. The number of benzene rings is 1. The van der Waals surface area contributed by atoms with E-state index in [1.165, 1.54) is 0 Å². The maximum Gasteiger partial charge on any atom is 0.215 e. The number of halogens is 1. The molecule has 1 aromatic carbocycles. The van der Waals surface area contributed by atoms with E-state index in [2.05, 4.69) is 15.3 Å². The molecule has 0 fully saturated rings. The minimum absolute atomic E-state index is 0.430. The summed E-state index contributed by atoms with van der Waals surface area (Å²) in [7, 11) is 0. The molecule has 1 aliphatic rings. The van der Waals surface area contributed by atoms with Crippen molar-refractivity contribution in [2.75, 3.05) is 0 Å². The summed E-state index contributed by atoms with van der Waals surface area (Å²) in [6.45, 7) is 1.66. The van der Waals surface area contributed by atoms with E-state index in [0.29, 0.717) is 16.7 Å². The molecule has 0 spiro atoms. The van der Waals surface area contributed by atoms with Crippen molar-refractivity contribution in [1.82, 2.24) is 14.9 Å². The predicted octanol–water partition coefficient (Wildman–Crippen LogP) is 2.57. The third-order valence-corrected chi connectivity index (χ3v) is 3.45. The number of nitrogens with zero attached hydrogens (tertiary/aromatic N) is 4. The van der Waals surface area contributed by atoms with Crippen LogP contribution in [0, 0.1) is 0 Å². The van der Waals surface area contributed by atoms with E-state index in [0.717, 1.165) is 17.3 Å². The number of hydrogen-bond acceptors (Lipinski definition) is 4. The molecule has 17 heavy (non-hydrogen) atoms. The summed E-state index contributed by atoms with van der Waals surface area (Å²) in [5.74, 6) is 0.638. The molecule has 0 bridgehead atoms. The average Bonchev–Trinajstić information content (AvgIpc) is 2.74. The van der Waals surface area contributed by atoms with Gasteiger partial charge < -0.3 is 0 Å². The van der Waals surface area contributed by atoms with E-state index in [1.807, 2.05) is 30.3 Å². The molecule has 6 heteroatoms. The molecule has 0 saturated carbocycles. The van der Waals surface area contributed by atoms with Gasteiger partial charge in [-0.3, -0.25) is 0 Å². The molecule has 0 amide bonds. The third-order valence-electron chi connectivity index (χ3n) is 2.44. The first-order valence-corrected chi connectivity index (χ1v) is 6.01. The monoisotopic (exact) mass is 248 g/mol. The summed E-state index contributed by atoms with van der Waals surface area (Å²) < 4.78 is 15.0. The highest BCUT2D eigenvalue weighted by atomic mass is 32.2. The standard InChI is InChI=1S/C11H9FN4S/c1-7-9(12)17-11-14-13-10(16(11)15-7)8-5-3-2-4-6-8/h2-6,9H,1H3. The van der Waals surface area contributed by atoms with Crippen molar-refractivity contribution in [2.45, 2.75) is 17.6 Å². The van der Waals surface area contributed by atoms with E-state index in [4.69, 9.17) is 0 Å². The second-order valence-corrected chi connectivity index (χ2v) is 4.67. The molecule has 1 unspecified atom stereocenters. The van der Waals surface area contributed by atoms with Gasteiger partial charge in [0.1, 0.15) is 0 Å². The van der Waals surface area contributed by atoms with Crippen LogP contribution in [-0.2, 0) is 0 Å². The fourth-order valence-corrected chi connectivity index (χ4v) is 2.30. The number of aromatic nitrogens is 3. The molecular formula is C11H9FN4S. The molecule has 2 heterocycles. The van der Waals surface area contributed by atoms with Gasteiger partial charge in [-0.2, -0.15) is 9.78 Å². The summed E-state index contributed by atoms with van der Waals surface area (Å²) in [6.07, 6.45) is 0. The van der Waals surface area contributed by atoms with Gasteiger partial charge in [0.15, 0.2) is 11.3 Å². The average molecular weight is 248 g/mol. The first-order chi connectivity index (χ1) is 8.25. The summed E-state index contributed by atoms with van der Waals surface area (Å²) >= 11 is 1.03. The second-order valence-electron chi connectivity index (χ2n) is 3.66. The number of rotatable bonds is 1. The van der Waals surface area contributed by atoms with Crippen LogP contribution in [0.1, 0.15) is 6.92 Å². The number of hydrogen-bond donors (Lipinski definition) is 0. The van der Waals surface area contributed by atoms with Gasteiger partial charge in [-0.05, 0) is 18.7 Å². The zero-order chi connectivity index (χ0) is 11.8. The number of alkyl halides is 1. The summed E-state index contributed by atoms with van der Waals surface area (Å²) in [6, 6.07) is 9.61. The van der Waals surface area contributed by atoms with Crippen LogP contribution in [0.2, 0.25) is 0 Å². The van der Waals surface area contributed by atoms with Gasteiger partial charge in [-0.25, -0.2) is 4.39 Å². The van der Waals surface area contributed by atoms with Crippen LogP contribution in [0.5, 0.6) is 0 Å². The molecule has 4 nitrogen and oxygen atoms in total. The van der Waals surface area contributed by atoms with Crippen molar-refractivity contribution in [3.05, 3.63) is 30.3 Å². The Bertz CT molecular complexity index is 578. The lowest BCUT2D eigenvalue weighted by Gasteiger charge is -2.13. The quantitative estimate of drug-likeness (QED) is 0.779. The van der Waals surface area contributed by atoms with Gasteiger partial charge in [-0.1, -0.05) is 30.3 Å². The Morgan fingerprint density at radius 2 is 2.00 bits per heavy atom. The molecule has 1 aromatic heterocycles. The van der Waals surface area contributed by atoms with Gasteiger partial charge in [0.2, 0.25) is 5.16 Å². The zero-order valence-electron chi connectivity index (χ0n) is 9.04. The smallest absolute Gasteiger partial charge is 0.215 e. The molecular weight excluding hydrogens is 239 g/mol. The van der Waals surface area contributed by atoms with E-state index in [-0.39, 0.29) is 0 Å². The van der Waals surface area contributed by atoms with Crippen molar-refractivity contribution in [3.63, 3.8) is 0 Å². The number of fused-ring (bicyclic) bond motifs is 1. The Hall–Kier alpha value is -1.69. The highest BCUT2D eigenvalue weighted by Crippen LogP contribution is 2.31. The molecule has 0 N–H and O–H groups in total. The topological polar surface area (TPSA) is 43.1 Å². The van der Waals surface area contributed by atoms with Gasteiger partial charge in [0.05, 0.1) is 5.71 Å². The van der Waals surface area contributed by atoms with Crippen molar-refractivity contribution in [3.8, 4) is 11.4 Å². The first-order valence-electron chi connectivity index (χ1n) is 5.13. The maximum atomic E-state index is 13.4. The first kappa shape index (κ1) is 10.5. The van der Waals surface area contributed by atoms with Gasteiger partial charge >= 0.3 is 0 Å². The van der Waals surface area contributed by atoms with Crippen LogP contribution >= 0.6 is 11.8 Å². The Balaban J connectivity index is 2.13. The van der Waals surface area contributed by atoms with Crippen molar-refractivity contribution < 1.29 is 4.39 Å². The van der Waals surface area contributed by atoms with E-state index < -0.39 is 5.50 Å². The molecule has 1 aliphatic heterocycles. The molecule has 3 rings (SSSR count). The fraction of sp³-hybridized carbons (Fsp3) is 0.182. The predicted molar refractivity (Wildman–Crippen MR) is 64.7 cm³/mol. The fourth-order valence-electron chi connectivity index (χ4n) is 1.58. The van der Waals surface area contributed by atoms with E-state index >= 15 is 0 Å². The SMILES string of the molecule is CC1=Nn2c(nnc2-c2ccccc2)SC1F. The van der Waals surface area contributed by atoms with Gasteiger partial charge in [0, 0.05) is 5.56 Å². The highest BCUT2D eigenvalue weighted by molar-refractivity contribution is 8.00. The van der Waals surface area contributed by atoms with Gasteiger partial charge in [-0.15, -0.1) is 10.2 Å². The highest BCUT2D eigenvalue weighted by Gasteiger charge is 2.25. The maximum absolute atomic E-state index is 13.4.